The second-order valence-corrected chi connectivity index (χ2v) is 7.73. The van der Waals surface area contributed by atoms with Crippen molar-refractivity contribution < 1.29 is 14.2 Å². The quantitative estimate of drug-likeness (QED) is 0.737. The fourth-order valence-electron chi connectivity index (χ4n) is 5.03. The van der Waals surface area contributed by atoms with Crippen molar-refractivity contribution in [1.82, 2.24) is 4.90 Å². The molecule has 2 aliphatic rings. The maximum atomic E-state index is 6.17. The first-order valence-corrected chi connectivity index (χ1v) is 9.56. The highest BCUT2D eigenvalue weighted by Gasteiger charge is 2.50. The predicted octanol–water partition coefficient (Wildman–Crippen LogP) is 3.49. The Morgan fingerprint density at radius 3 is 2.80 bits per heavy atom. The van der Waals surface area contributed by atoms with Crippen LogP contribution in [0.1, 0.15) is 38.2 Å². The molecule has 4 heteroatoms. The van der Waals surface area contributed by atoms with Crippen LogP contribution in [0.25, 0.3) is 0 Å². The van der Waals surface area contributed by atoms with E-state index in [4.69, 9.17) is 14.2 Å². The van der Waals surface area contributed by atoms with Gasteiger partial charge in [-0.05, 0) is 69.8 Å². The number of rotatable bonds is 6. The summed E-state index contributed by atoms with van der Waals surface area (Å²) in [5, 5.41) is 0. The Balaban J connectivity index is 1.89. The van der Waals surface area contributed by atoms with Crippen LogP contribution in [0.4, 0.5) is 0 Å². The molecule has 3 rings (SSSR count). The van der Waals surface area contributed by atoms with Crippen molar-refractivity contribution in [2.24, 2.45) is 5.92 Å². The highest BCUT2D eigenvalue weighted by molar-refractivity contribution is 5.36. The first-order chi connectivity index (χ1) is 12.1. The van der Waals surface area contributed by atoms with Crippen molar-refractivity contribution in [3.05, 3.63) is 29.8 Å². The van der Waals surface area contributed by atoms with Crippen LogP contribution in [0, 0.1) is 5.92 Å². The monoisotopic (exact) mass is 347 g/mol. The van der Waals surface area contributed by atoms with Gasteiger partial charge in [0.2, 0.25) is 0 Å². The molecular weight excluding hydrogens is 314 g/mol. The maximum absolute atomic E-state index is 6.17. The second kappa shape index (κ2) is 8.07. The van der Waals surface area contributed by atoms with Crippen LogP contribution in [-0.4, -0.2) is 58.1 Å². The van der Waals surface area contributed by atoms with Gasteiger partial charge in [-0.25, -0.2) is 0 Å². The third-order valence-electron chi connectivity index (χ3n) is 6.58. The minimum atomic E-state index is 0.191. The van der Waals surface area contributed by atoms with Crippen molar-refractivity contribution in [1.29, 1.82) is 0 Å². The SMILES string of the molecule is COCCOC1CCC2C(C)N(C)CCC2(c2cccc(OC)c2)C1. The lowest BCUT2D eigenvalue weighted by atomic mass is 9.56. The summed E-state index contributed by atoms with van der Waals surface area (Å²) >= 11 is 0. The molecule has 1 heterocycles. The number of benzene rings is 1. The Morgan fingerprint density at radius 1 is 1.20 bits per heavy atom. The van der Waals surface area contributed by atoms with Crippen LogP contribution in [0.15, 0.2) is 24.3 Å². The van der Waals surface area contributed by atoms with Gasteiger partial charge in [0.05, 0.1) is 26.4 Å². The lowest BCUT2D eigenvalue weighted by Gasteiger charge is -2.55. The highest BCUT2D eigenvalue weighted by Crippen LogP contribution is 2.52. The predicted molar refractivity (Wildman–Crippen MR) is 100 cm³/mol. The number of ether oxygens (including phenoxy) is 3. The molecule has 0 N–H and O–H groups in total. The summed E-state index contributed by atoms with van der Waals surface area (Å²) < 4.78 is 16.8. The molecule has 1 aliphatic carbocycles. The number of fused-ring (bicyclic) bond motifs is 1. The summed E-state index contributed by atoms with van der Waals surface area (Å²) in [4.78, 5) is 2.52. The van der Waals surface area contributed by atoms with E-state index in [1.807, 2.05) is 6.07 Å². The van der Waals surface area contributed by atoms with Crippen molar-refractivity contribution in [2.45, 2.75) is 50.2 Å². The van der Waals surface area contributed by atoms with Crippen LogP contribution in [0.5, 0.6) is 5.75 Å². The summed E-state index contributed by atoms with van der Waals surface area (Å²) in [6.45, 7) is 4.89. The van der Waals surface area contributed by atoms with E-state index in [2.05, 4.69) is 37.1 Å². The lowest BCUT2D eigenvalue weighted by molar-refractivity contribution is -0.0642. The van der Waals surface area contributed by atoms with Gasteiger partial charge in [-0.2, -0.15) is 0 Å². The van der Waals surface area contributed by atoms with Gasteiger partial charge in [-0.3, -0.25) is 0 Å². The van der Waals surface area contributed by atoms with E-state index in [0.717, 1.165) is 25.1 Å². The molecule has 0 amide bonds. The van der Waals surface area contributed by atoms with Crippen molar-refractivity contribution in [3.8, 4) is 5.75 Å². The number of methoxy groups -OCH3 is 2. The van der Waals surface area contributed by atoms with Crippen molar-refractivity contribution in [3.63, 3.8) is 0 Å². The van der Waals surface area contributed by atoms with Gasteiger partial charge in [0.25, 0.3) is 0 Å². The molecule has 1 aliphatic heterocycles. The normalized spacial score (nSPS) is 33.0. The molecule has 1 aromatic carbocycles. The summed E-state index contributed by atoms with van der Waals surface area (Å²) in [6, 6.07) is 9.33. The Morgan fingerprint density at radius 2 is 2.04 bits per heavy atom. The maximum Gasteiger partial charge on any atom is 0.119 e. The van der Waals surface area contributed by atoms with E-state index < -0.39 is 0 Å². The largest absolute Gasteiger partial charge is 0.497 e. The molecule has 1 aromatic rings. The Kier molecular flexibility index (Phi) is 6.03. The summed E-state index contributed by atoms with van der Waals surface area (Å²) in [5.41, 5.74) is 1.62. The Labute approximate surface area is 152 Å². The van der Waals surface area contributed by atoms with Crippen LogP contribution in [0.2, 0.25) is 0 Å². The number of likely N-dealkylation sites (tertiary alicyclic amines) is 1. The first-order valence-electron chi connectivity index (χ1n) is 9.56. The molecule has 0 aromatic heterocycles. The molecule has 4 unspecified atom stereocenters. The molecule has 0 radical (unpaired) electrons. The molecule has 0 bridgehead atoms. The molecule has 140 valence electrons. The van der Waals surface area contributed by atoms with Gasteiger partial charge in [0.1, 0.15) is 5.75 Å². The lowest BCUT2D eigenvalue weighted by Crippen LogP contribution is -2.57. The molecule has 2 fully saturated rings. The van der Waals surface area contributed by atoms with Crippen molar-refractivity contribution >= 4 is 0 Å². The number of hydrogen-bond acceptors (Lipinski definition) is 4. The van der Waals surface area contributed by atoms with Crippen LogP contribution in [0.3, 0.4) is 0 Å². The topological polar surface area (TPSA) is 30.9 Å². The number of nitrogens with zero attached hydrogens (tertiary/aromatic N) is 1. The second-order valence-electron chi connectivity index (χ2n) is 7.73. The van der Waals surface area contributed by atoms with Gasteiger partial charge >= 0.3 is 0 Å². The third-order valence-corrected chi connectivity index (χ3v) is 6.58. The molecule has 4 atom stereocenters. The Hall–Kier alpha value is -1.10. The molecular formula is C21H33NO3. The minimum Gasteiger partial charge on any atom is -0.497 e. The zero-order valence-corrected chi connectivity index (χ0v) is 16.2. The molecule has 0 spiro atoms. The van der Waals surface area contributed by atoms with E-state index in [9.17, 15) is 0 Å². The fraction of sp³-hybridized carbons (Fsp3) is 0.714. The minimum absolute atomic E-state index is 0.191. The van der Waals surface area contributed by atoms with E-state index in [0.29, 0.717) is 31.3 Å². The zero-order valence-electron chi connectivity index (χ0n) is 16.2. The Bertz CT molecular complexity index is 564. The highest BCUT2D eigenvalue weighted by atomic mass is 16.5. The van der Waals surface area contributed by atoms with Crippen LogP contribution < -0.4 is 4.74 Å². The summed E-state index contributed by atoms with van der Waals surface area (Å²) in [5.74, 6) is 1.63. The van der Waals surface area contributed by atoms with Gasteiger partial charge in [0.15, 0.2) is 0 Å². The standard InChI is InChI=1S/C21H33NO3/c1-16-20-9-8-19(25-13-12-23-3)15-21(20,10-11-22(16)2)17-6-5-7-18(14-17)24-4/h5-7,14,16,19-20H,8-13,15H2,1-4H3. The summed E-state index contributed by atoms with van der Waals surface area (Å²) in [7, 11) is 5.75. The molecule has 4 nitrogen and oxygen atoms in total. The number of hydrogen-bond donors (Lipinski definition) is 0. The van der Waals surface area contributed by atoms with E-state index in [1.54, 1.807) is 14.2 Å². The molecule has 1 saturated carbocycles. The van der Waals surface area contributed by atoms with E-state index in [1.165, 1.54) is 18.4 Å². The number of piperidine rings is 1. The van der Waals surface area contributed by atoms with Gasteiger partial charge < -0.3 is 19.1 Å². The van der Waals surface area contributed by atoms with E-state index >= 15 is 0 Å². The smallest absolute Gasteiger partial charge is 0.119 e. The third kappa shape index (κ3) is 3.71. The fourth-order valence-corrected chi connectivity index (χ4v) is 5.03. The first kappa shape index (κ1) is 18.7. The average Bonchev–Trinajstić information content (AvgIpc) is 2.65. The summed E-state index contributed by atoms with van der Waals surface area (Å²) in [6.07, 6.45) is 4.99. The molecule has 25 heavy (non-hydrogen) atoms. The molecule has 1 saturated heterocycles. The van der Waals surface area contributed by atoms with Crippen LogP contribution >= 0.6 is 0 Å². The van der Waals surface area contributed by atoms with E-state index in [-0.39, 0.29) is 5.41 Å². The van der Waals surface area contributed by atoms with Gasteiger partial charge in [-0.1, -0.05) is 12.1 Å². The van der Waals surface area contributed by atoms with Crippen LogP contribution in [-0.2, 0) is 14.9 Å². The zero-order chi connectivity index (χ0) is 17.9. The van der Waals surface area contributed by atoms with Gasteiger partial charge in [0, 0.05) is 18.6 Å². The van der Waals surface area contributed by atoms with Crippen molar-refractivity contribution in [2.75, 3.05) is 41.0 Å². The van der Waals surface area contributed by atoms with Gasteiger partial charge in [-0.15, -0.1) is 0 Å². The average molecular weight is 347 g/mol.